The third-order valence-corrected chi connectivity index (χ3v) is 5.20. The minimum Gasteiger partial charge on any atom is -0.480 e. The molecular formula is C19H38N8O5S. The van der Waals surface area contributed by atoms with Crippen molar-refractivity contribution in [2.45, 2.75) is 56.7 Å². The van der Waals surface area contributed by atoms with E-state index in [0.717, 1.165) is 0 Å². The van der Waals surface area contributed by atoms with Gasteiger partial charge in [0.1, 0.15) is 12.1 Å². The first-order valence-electron chi connectivity index (χ1n) is 10.7. The van der Waals surface area contributed by atoms with Crippen LogP contribution in [0.15, 0.2) is 4.99 Å². The Labute approximate surface area is 198 Å². The summed E-state index contributed by atoms with van der Waals surface area (Å²) in [5.41, 5.74) is 21.8. The van der Waals surface area contributed by atoms with Crippen molar-refractivity contribution in [1.82, 2.24) is 16.0 Å². The highest BCUT2D eigenvalue weighted by molar-refractivity contribution is 7.98. The zero-order chi connectivity index (χ0) is 25.2. The second kappa shape index (κ2) is 17.9. The molecular weight excluding hydrogens is 452 g/mol. The zero-order valence-corrected chi connectivity index (χ0v) is 19.9. The van der Waals surface area contributed by atoms with Gasteiger partial charge in [-0.15, -0.1) is 0 Å². The number of amides is 3. The maximum absolute atomic E-state index is 12.6. The van der Waals surface area contributed by atoms with E-state index in [4.69, 9.17) is 22.9 Å². The number of carboxylic acid groups (broad SMARTS) is 1. The van der Waals surface area contributed by atoms with E-state index >= 15 is 0 Å². The summed E-state index contributed by atoms with van der Waals surface area (Å²) in [4.78, 5) is 52.2. The number of hydrogen-bond donors (Lipinski definition) is 8. The number of nitrogens with one attached hydrogen (secondary N) is 3. The Hall–Kier alpha value is -2.58. The molecule has 14 heteroatoms. The highest BCUT2D eigenvalue weighted by Crippen LogP contribution is 2.03. The molecule has 33 heavy (non-hydrogen) atoms. The molecule has 3 amide bonds. The number of rotatable bonds is 18. The quantitative estimate of drug-likeness (QED) is 0.0566. The molecule has 3 atom stereocenters. The van der Waals surface area contributed by atoms with Gasteiger partial charge in [0.15, 0.2) is 5.96 Å². The summed E-state index contributed by atoms with van der Waals surface area (Å²) in [6.45, 7) is 0.232. The Balaban J connectivity index is 4.90. The molecule has 0 heterocycles. The molecule has 12 N–H and O–H groups in total. The first-order chi connectivity index (χ1) is 15.6. The predicted molar refractivity (Wildman–Crippen MR) is 128 cm³/mol. The molecule has 0 saturated carbocycles. The van der Waals surface area contributed by atoms with E-state index in [0.29, 0.717) is 38.0 Å². The van der Waals surface area contributed by atoms with Crippen molar-refractivity contribution in [2.75, 3.05) is 31.6 Å². The number of carbonyl (C=O) groups is 4. The average molecular weight is 491 g/mol. The van der Waals surface area contributed by atoms with E-state index in [1.54, 1.807) is 11.8 Å². The molecule has 3 unspecified atom stereocenters. The fourth-order valence-corrected chi connectivity index (χ4v) is 3.20. The van der Waals surface area contributed by atoms with Crippen molar-refractivity contribution in [3.63, 3.8) is 0 Å². The minimum absolute atomic E-state index is 0.0877. The standard InChI is InChI=1S/C19H38N8O5S/c1-33-10-7-12(21)16(29)27-13(6-4-9-24-19(22)23)17(30)25-11-15(28)26-14(18(31)32)5-2-3-8-20/h12-14H,2-11,20-21H2,1H3,(H,25,30)(H,26,28)(H,27,29)(H,31,32)(H4,22,23,24). The number of thioether (sulfide) groups is 1. The van der Waals surface area contributed by atoms with Crippen molar-refractivity contribution in [3.8, 4) is 0 Å². The molecule has 0 rings (SSSR count). The maximum atomic E-state index is 12.6. The highest BCUT2D eigenvalue weighted by atomic mass is 32.2. The molecule has 0 saturated heterocycles. The van der Waals surface area contributed by atoms with E-state index < -0.39 is 48.4 Å². The van der Waals surface area contributed by atoms with Gasteiger partial charge < -0.3 is 44.0 Å². The van der Waals surface area contributed by atoms with Gasteiger partial charge in [0.05, 0.1) is 12.6 Å². The molecule has 13 nitrogen and oxygen atoms in total. The summed E-state index contributed by atoms with van der Waals surface area (Å²) in [5, 5.41) is 16.6. The molecule has 0 aliphatic heterocycles. The fraction of sp³-hybridized carbons (Fsp3) is 0.737. The van der Waals surface area contributed by atoms with Crippen LogP contribution in [-0.4, -0.2) is 84.5 Å². The predicted octanol–water partition coefficient (Wildman–Crippen LogP) is -2.58. The molecule has 0 aromatic rings. The van der Waals surface area contributed by atoms with Crippen LogP contribution in [0.25, 0.3) is 0 Å². The van der Waals surface area contributed by atoms with Gasteiger partial charge in [-0.25, -0.2) is 4.79 Å². The number of hydrogen-bond acceptors (Lipinski definition) is 8. The number of nitrogens with zero attached hydrogens (tertiary/aromatic N) is 1. The summed E-state index contributed by atoms with van der Waals surface area (Å²) in [5.74, 6) is -2.32. The van der Waals surface area contributed by atoms with Crippen LogP contribution in [0.5, 0.6) is 0 Å². The Morgan fingerprint density at radius 1 is 0.970 bits per heavy atom. The van der Waals surface area contributed by atoms with E-state index in [2.05, 4.69) is 20.9 Å². The minimum atomic E-state index is -1.17. The number of carboxylic acids is 1. The van der Waals surface area contributed by atoms with Crippen LogP contribution in [0.2, 0.25) is 0 Å². The number of aliphatic carboxylic acids is 1. The third-order valence-electron chi connectivity index (χ3n) is 4.55. The second-order valence-electron chi connectivity index (χ2n) is 7.36. The van der Waals surface area contributed by atoms with E-state index in [9.17, 15) is 24.3 Å². The fourth-order valence-electron chi connectivity index (χ4n) is 2.71. The van der Waals surface area contributed by atoms with Crippen LogP contribution in [0.4, 0.5) is 0 Å². The Morgan fingerprint density at radius 2 is 1.64 bits per heavy atom. The van der Waals surface area contributed by atoms with Gasteiger partial charge in [0, 0.05) is 6.54 Å². The SMILES string of the molecule is CSCCC(N)C(=O)NC(CCCN=C(N)N)C(=O)NCC(=O)NC(CCCCN)C(=O)O. The molecule has 0 bridgehead atoms. The van der Waals surface area contributed by atoms with Crippen LogP contribution in [0.1, 0.15) is 38.5 Å². The molecule has 0 aromatic carbocycles. The summed E-state index contributed by atoms with van der Waals surface area (Å²) < 4.78 is 0. The normalized spacial score (nSPS) is 13.3. The molecule has 0 aromatic heterocycles. The number of aliphatic imine (C=N–C) groups is 1. The largest absolute Gasteiger partial charge is 0.480 e. The molecule has 0 fully saturated rings. The van der Waals surface area contributed by atoms with Gasteiger partial charge in [-0.2, -0.15) is 11.8 Å². The lowest BCUT2D eigenvalue weighted by Gasteiger charge is -2.21. The Kier molecular flexibility index (Phi) is 16.5. The summed E-state index contributed by atoms with van der Waals surface area (Å²) in [6.07, 6.45) is 4.34. The number of guanidine groups is 1. The van der Waals surface area contributed by atoms with Crippen LogP contribution < -0.4 is 38.9 Å². The van der Waals surface area contributed by atoms with Crippen LogP contribution in [0.3, 0.4) is 0 Å². The molecule has 0 spiro atoms. The Bertz CT molecular complexity index is 660. The van der Waals surface area contributed by atoms with Crippen molar-refractivity contribution >= 4 is 41.4 Å². The van der Waals surface area contributed by atoms with Crippen molar-refractivity contribution in [1.29, 1.82) is 0 Å². The van der Waals surface area contributed by atoms with E-state index in [1.165, 1.54) is 0 Å². The molecule has 0 aliphatic carbocycles. The third kappa shape index (κ3) is 15.0. The number of unbranched alkanes of at least 4 members (excludes halogenated alkanes) is 1. The average Bonchev–Trinajstić information content (AvgIpc) is 2.76. The Morgan fingerprint density at radius 3 is 2.21 bits per heavy atom. The van der Waals surface area contributed by atoms with Crippen molar-refractivity contribution in [2.24, 2.45) is 27.9 Å². The van der Waals surface area contributed by atoms with Crippen LogP contribution in [0, 0.1) is 0 Å². The van der Waals surface area contributed by atoms with Gasteiger partial charge >= 0.3 is 5.97 Å². The molecule has 0 aliphatic rings. The lowest BCUT2D eigenvalue weighted by Crippen LogP contribution is -2.53. The lowest BCUT2D eigenvalue weighted by atomic mass is 10.1. The summed E-state index contributed by atoms with van der Waals surface area (Å²) >= 11 is 1.55. The van der Waals surface area contributed by atoms with Crippen molar-refractivity contribution < 1.29 is 24.3 Å². The van der Waals surface area contributed by atoms with E-state index in [1.807, 2.05) is 6.26 Å². The molecule has 0 radical (unpaired) electrons. The number of nitrogens with two attached hydrogens (primary N) is 4. The highest BCUT2D eigenvalue weighted by Gasteiger charge is 2.25. The monoisotopic (exact) mass is 490 g/mol. The molecule has 190 valence electrons. The van der Waals surface area contributed by atoms with Gasteiger partial charge in [-0.05, 0) is 57.1 Å². The first kappa shape index (κ1) is 30.4. The van der Waals surface area contributed by atoms with Gasteiger partial charge in [0.25, 0.3) is 0 Å². The van der Waals surface area contributed by atoms with E-state index in [-0.39, 0.29) is 25.3 Å². The summed E-state index contributed by atoms with van der Waals surface area (Å²) in [6, 6.07) is -2.82. The topological polar surface area (TPSA) is 241 Å². The summed E-state index contributed by atoms with van der Waals surface area (Å²) in [7, 11) is 0. The van der Waals surface area contributed by atoms with Gasteiger partial charge in [-0.1, -0.05) is 0 Å². The lowest BCUT2D eigenvalue weighted by molar-refractivity contribution is -0.142. The zero-order valence-electron chi connectivity index (χ0n) is 19.0. The number of carbonyl (C=O) groups excluding carboxylic acids is 3. The maximum Gasteiger partial charge on any atom is 0.326 e. The smallest absolute Gasteiger partial charge is 0.326 e. The van der Waals surface area contributed by atoms with Gasteiger partial charge in [0.2, 0.25) is 17.7 Å². The van der Waals surface area contributed by atoms with Crippen molar-refractivity contribution in [3.05, 3.63) is 0 Å². The van der Waals surface area contributed by atoms with Gasteiger partial charge in [-0.3, -0.25) is 19.4 Å². The van der Waals surface area contributed by atoms with Crippen LogP contribution in [-0.2, 0) is 19.2 Å². The van der Waals surface area contributed by atoms with Crippen LogP contribution >= 0.6 is 11.8 Å². The second-order valence-corrected chi connectivity index (χ2v) is 8.34. The first-order valence-corrected chi connectivity index (χ1v) is 12.1.